The van der Waals surface area contributed by atoms with Crippen LogP contribution in [0.5, 0.6) is 0 Å². The highest BCUT2D eigenvalue weighted by atomic mass is 32.1. The molecule has 0 aromatic carbocycles. The number of thiophene rings is 1. The molecule has 0 fully saturated rings. The summed E-state index contributed by atoms with van der Waals surface area (Å²) < 4.78 is 1.53. The smallest absolute Gasteiger partial charge is 0.274 e. The van der Waals surface area contributed by atoms with Crippen molar-refractivity contribution in [2.24, 2.45) is 12.8 Å². The minimum Gasteiger partial charge on any atom is -0.365 e. The molecule has 1 aliphatic heterocycles. The number of hydrogen-bond donors (Lipinski definition) is 2. The summed E-state index contributed by atoms with van der Waals surface area (Å²) in [5, 5.41) is 7.59. The fraction of sp³-hybridized carbons (Fsp3) is 0.471. The number of hydrogen-bond acceptors (Lipinski definition) is 5. The summed E-state index contributed by atoms with van der Waals surface area (Å²) in [6.45, 7) is 6.72. The monoisotopic (exact) mass is 361 g/mol. The number of carbonyl (C=O) groups is 2. The van der Waals surface area contributed by atoms with Crippen LogP contribution in [0.15, 0.2) is 6.07 Å². The van der Waals surface area contributed by atoms with E-state index in [2.05, 4.69) is 22.2 Å². The van der Waals surface area contributed by atoms with E-state index >= 15 is 0 Å². The second-order valence-electron chi connectivity index (χ2n) is 6.35. The average molecular weight is 361 g/mol. The Kier molecular flexibility index (Phi) is 4.91. The summed E-state index contributed by atoms with van der Waals surface area (Å²) in [4.78, 5) is 28.0. The quantitative estimate of drug-likeness (QED) is 0.851. The molecular formula is C17H23N5O2S. The summed E-state index contributed by atoms with van der Waals surface area (Å²) in [6, 6.07) is 1.72. The van der Waals surface area contributed by atoms with Crippen LogP contribution in [-0.4, -0.2) is 39.6 Å². The van der Waals surface area contributed by atoms with Crippen molar-refractivity contribution in [2.45, 2.75) is 33.2 Å². The molecule has 2 aromatic heterocycles. The zero-order valence-electron chi connectivity index (χ0n) is 14.8. The van der Waals surface area contributed by atoms with Gasteiger partial charge >= 0.3 is 0 Å². The van der Waals surface area contributed by atoms with Crippen molar-refractivity contribution in [1.29, 1.82) is 0 Å². The molecule has 0 radical (unpaired) electrons. The molecule has 3 heterocycles. The third-order valence-corrected chi connectivity index (χ3v) is 5.52. The number of aromatic nitrogens is 2. The standard InChI is InChI=1S/C17H23N5O2S/c1-4-6-22-7-5-11-13(9-22)25-17(14(11)15(18)23)19-16(24)12-8-10(2)20-21(12)3/h8H,4-7,9H2,1-3H3,(H2,18,23)(H,19,24). The molecule has 8 heteroatoms. The maximum absolute atomic E-state index is 12.6. The average Bonchev–Trinajstić information content (AvgIpc) is 3.06. The van der Waals surface area contributed by atoms with Crippen LogP contribution in [0.3, 0.4) is 0 Å². The Hall–Kier alpha value is -2.19. The molecule has 0 saturated carbocycles. The van der Waals surface area contributed by atoms with Crippen molar-refractivity contribution < 1.29 is 9.59 Å². The number of carbonyl (C=O) groups excluding carboxylic acids is 2. The Labute approximate surface area is 150 Å². The summed E-state index contributed by atoms with van der Waals surface area (Å²) in [5.41, 5.74) is 8.28. The topological polar surface area (TPSA) is 93.2 Å². The summed E-state index contributed by atoms with van der Waals surface area (Å²) in [5.74, 6) is -0.771. The normalized spacial score (nSPS) is 14.4. The number of nitrogens with one attached hydrogen (secondary N) is 1. The summed E-state index contributed by atoms with van der Waals surface area (Å²) in [6.07, 6.45) is 1.87. The fourth-order valence-electron chi connectivity index (χ4n) is 3.30. The molecular weight excluding hydrogens is 338 g/mol. The largest absolute Gasteiger partial charge is 0.365 e. The van der Waals surface area contributed by atoms with E-state index in [1.807, 2.05) is 6.92 Å². The fourth-order valence-corrected chi connectivity index (χ4v) is 4.59. The Balaban J connectivity index is 1.90. The molecule has 3 rings (SSSR count). The lowest BCUT2D eigenvalue weighted by atomic mass is 10.0. The zero-order valence-corrected chi connectivity index (χ0v) is 15.6. The van der Waals surface area contributed by atoms with Crippen LogP contribution in [0.4, 0.5) is 5.00 Å². The molecule has 0 saturated heterocycles. The molecule has 3 N–H and O–H groups in total. The maximum atomic E-state index is 12.6. The Morgan fingerprint density at radius 1 is 1.44 bits per heavy atom. The number of aryl methyl sites for hydroxylation is 2. The van der Waals surface area contributed by atoms with E-state index in [0.29, 0.717) is 16.3 Å². The first kappa shape index (κ1) is 17.6. The van der Waals surface area contributed by atoms with Gasteiger partial charge in [-0.2, -0.15) is 5.10 Å². The van der Waals surface area contributed by atoms with Crippen LogP contribution in [0.1, 0.15) is 50.3 Å². The molecule has 2 amide bonds. The zero-order chi connectivity index (χ0) is 18.1. The number of nitrogens with zero attached hydrogens (tertiary/aromatic N) is 3. The van der Waals surface area contributed by atoms with E-state index in [9.17, 15) is 9.59 Å². The first-order valence-electron chi connectivity index (χ1n) is 8.39. The molecule has 0 unspecified atom stereocenters. The predicted octanol–water partition coefficient (Wildman–Crippen LogP) is 1.91. The Morgan fingerprint density at radius 3 is 2.80 bits per heavy atom. The van der Waals surface area contributed by atoms with Crippen molar-refractivity contribution in [1.82, 2.24) is 14.7 Å². The van der Waals surface area contributed by atoms with Crippen LogP contribution >= 0.6 is 11.3 Å². The van der Waals surface area contributed by atoms with E-state index in [1.165, 1.54) is 16.0 Å². The van der Waals surface area contributed by atoms with Gasteiger partial charge in [-0.1, -0.05) is 6.92 Å². The van der Waals surface area contributed by atoms with E-state index in [0.717, 1.165) is 48.6 Å². The summed E-state index contributed by atoms with van der Waals surface area (Å²) in [7, 11) is 1.72. The summed E-state index contributed by atoms with van der Waals surface area (Å²) >= 11 is 1.45. The molecule has 1 aliphatic rings. The van der Waals surface area contributed by atoms with Gasteiger partial charge in [-0.05, 0) is 37.9 Å². The van der Waals surface area contributed by atoms with Crippen LogP contribution in [0.25, 0.3) is 0 Å². The van der Waals surface area contributed by atoms with Gasteiger partial charge in [-0.3, -0.25) is 19.2 Å². The highest BCUT2D eigenvalue weighted by molar-refractivity contribution is 7.17. The van der Waals surface area contributed by atoms with Gasteiger partial charge in [0.2, 0.25) is 0 Å². The molecule has 0 aliphatic carbocycles. The number of amides is 2. The van der Waals surface area contributed by atoms with Gasteiger partial charge in [0, 0.05) is 25.0 Å². The van der Waals surface area contributed by atoms with Gasteiger partial charge in [0.05, 0.1) is 11.3 Å². The first-order valence-corrected chi connectivity index (χ1v) is 9.21. The van der Waals surface area contributed by atoms with Gasteiger partial charge < -0.3 is 11.1 Å². The number of fused-ring (bicyclic) bond motifs is 1. The number of anilines is 1. The number of primary amides is 1. The van der Waals surface area contributed by atoms with Crippen LogP contribution in [0, 0.1) is 6.92 Å². The maximum Gasteiger partial charge on any atom is 0.274 e. The molecule has 2 aromatic rings. The Bertz CT molecular complexity index is 823. The van der Waals surface area contributed by atoms with Crippen molar-refractivity contribution in [3.05, 3.63) is 33.5 Å². The van der Waals surface area contributed by atoms with Crippen molar-refractivity contribution in [3.8, 4) is 0 Å². The third-order valence-electron chi connectivity index (χ3n) is 4.38. The van der Waals surface area contributed by atoms with Crippen molar-refractivity contribution >= 4 is 28.2 Å². The second-order valence-corrected chi connectivity index (χ2v) is 7.45. The predicted molar refractivity (Wildman–Crippen MR) is 98.0 cm³/mol. The lowest BCUT2D eigenvalue weighted by Crippen LogP contribution is -2.31. The van der Waals surface area contributed by atoms with Crippen LogP contribution < -0.4 is 11.1 Å². The molecule has 134 valence electrons. The van der Waals surface area contributed by atoms with Gasteiger partial charge in [0.25, 0.3) is 11.8 Å². The van der Waals surface area contributed by atoms with Gasteiger partial charge in [0.15, 0.2) is 0 Å². The van der Waals surface area contributed by atoms with Crippen LogP contribution in [-0.2, 0) is 20.0 Å². The molecule has 0 bridgehead atoms. The van der Waals surface area contributed by atoms with E-state index in [4.69, 9.17) is 5.73 Å². The molecule has 0 spiro atoms. The van der Waals surface area contributed by atoms with Gasteiger partial charge in [-0.25, -0.2) is 0 Å². The number of nitrogens with two attached hydrogens (primary N) is 1. The van der Waals surface area contributed by atoms with Gasteiger partial charge in [-0.15, -0.1) is 11.3 Å². The minimum absolute atomic E-state index is 0.283. The highest BCUT2D eigenvalue weighted by Gasteiger charge is 2.28. The third kappa shape index (κ3) is 3.45. The lowest BCUT2D eigenvalue weighted by Gasteiger charge is -2.26. The van der Waals surface area contributed by atoms with Crippen molar-refractivity contribution in [2.75, 3.05) is 18.4 Å². The van der Waals surface area contributed by atoms with Crippen LogP contribution in [0.2, 0.25) is 0 Å². The molecule has 7 nitrogen and oxygen atoms in total. The van der Waals surface area contributed by atoms with Crippen molar-refractivity contribution in [3.63, 3.8) is 0 Å². The molecule has 25 heavy (non-hydrogen) atoms. The lowest BCUT2D eigenvalue weighted by molar-refractivity contribution is 0.1000. The minimum atomic E-state index is -0.488. The van der Waals surface area contributed by atoms with Gasteiger partial charge in [0.1, 0.15) is 10.7 Å². The van der Waals surface area contributed by atoms with E-state index in [1.54, 1.807) is 13.1 Å². The Morgan fingerprint density at radius 2 is 2.20 bits per heavy atom. The molecule has 0 atom stereocenters. The second kappa shape index (κ2) is 6.97. The SMILES string of the molecule is CCCN1CCc2c(sc(NC(=O)c3cc(C)nn3C)c2C(N)=O)C1. The number of rotatable bonds is 5. The highest BCUT2D eigenvalue weighted by Crippen LogP contribution is 2.37. The van der Waals surface area contributed by atoms with E-state index < -0.39 is 5.91 Å². The first-order chi connectivity index (χ1) is 11.9. The van der Waals surface area contributed by atoms with E-state index in [-0.39, 0.29) is 5.91 Å².